The molecule has 0 aliphatic carbocycles. The molecule has 10 nitrogen and oxygen atoms in total. The summed E-state index contributed by atoms with van der Waals surface area (Å²) in [7, 11) is 0. The van der Waals surface area contributed by atoms with E-state index in [0.29, 0.717) is 17.5 Å². The SMILES string of the molecule is CCCN(C(=O)C(Cc1ccc(O)cc1)NC(=O)OC(C)(C)C)C(C(=O)NCCC(=O)OCC)c1ccccc1. The number of rotatable bonds is 13. The molecule has 2 unspecified atom stereocenters. The van der Waals surface area contributed by atoms with Crippen molar-refractivity contribution in [2.45, 2.75) is 71.6 Å². The molecule has 40 heavy (non-hydrogen) atoms. The zero-order chi connectivity index (χ0) is 29.7. The van der Waals surface area contributed by atoms with Crippen molar-refractivity contribution in [1.29, 1.82) is 0 Å². The maximum absolute atomic E-state index is 14.1. The first kappa shape index (κ1) is 32.1. The van der Waals surface area contributed by atoms with E-state index in [1.165, 1.54) is 17.0 Å². The average Bonchev–Trinajstić information content (AvgIpc) is 2.88. The Bertz CT molecular complexity index is 1110. The van der Waals surface area contributed by atoms with Crippen molar-refractivity contribution in [3.8, 4) is 5.75 Å². The number of phenols is 1. The molecule has 0 fully saturated rings. The Labute approximate surface area is 236 Å². The third kappa shape index (κ3) is 10.6. The van der Waals surface area contributed by atoms with Crippen LogP contribution in [-0.4, -0.2) is 65.2 Å². The van der Waals surface area contributed by atoms with E-state index < -0.39 is 41.6 Å². The van der Waals surface area contributed by atoms with Gasteiger partial charge in [0.15, 0.2) is 0 Å². The number of nitrogens with zero attached hydrogens (tertiary/aromatic N) is 1. The van der Waals surface area contributed by atoms with Crippen LogP contribution in [0.3, 0.4) is 0 Å². The van der Waals surface area contributed by atoms with Gasteiger partial charge in [0, 0.05) is 19.5 Å². The fourth-order valence-corrected chi connectivity index (χ4v) is 4.05. The second kappa shape index (κ2) is 15.5. The van der Waals surface area contributed by atoms with E-state index >= 15 is 0 Å². The number of esters is 1. The molecular weight excluding hydrogens is 514 g/mol. The minimum Gasteiger partial charge on any atom is -0.508 e. The molecule has 0 aliphatic rings. The molecular formula is C30H41N3O7. The number of phenolic OH excluding ortho intramolecular Hbond substituents is 1. The molecule has 0 saturated heterocycles. The van der Waals surface area contributed by atoms with Gasteiger partial charge in [-0.3, -0.25) is 14.4 Å². The van der Waals surface area contributed by atoms with Crippen molar-refractivity contribution in [3.63, 3.8) is 0 Å². The molecule has 0 spiro atoms. The number of hydrogen-bond acceptors (Lipinski definition) is 7. The maximum atomic E-state index is 14.1. The van der Waals surface area contributed by atoms with E-state index in [1.807, 2.05) is 13.0 Å². The molecule has 3 amide bonds. The summed E-state index contributed by atoms with van der Waals surface area (Å²) in [5, 5.41) is 15.1. The Hall–Kier alpha value is -4.08. The number of hydrogen-bond donors (Lipinski definition) is 3. The van der Waals surface area contributed by atoms with Crippen LogP contribution in [0.4, 0.5) is 4.79 Å². The first-order chi connectivity index (χ1) is 18.9. The summed E-state index contributed by atoms with van der Waals surface area (Å²) in [5.41, 5.74) is 0.488. The second-order valence-electron chi connectivity index (χ2n) is 10.3. The largest absolute Gasteiger partial charge is 0.508 e. The van der Waals surface area contributed by atoms with E-state index in [-0.39, 0.29) is 38.3 Å². The summed E-state index contributed by atoms with van der Waals surface area (Å²) in [5.74, 6) is -1.30. The van der Waals surface area contributed by atoms with Crippen LogP contribution in [-0.2, 0) is 30.3 Å². The third-order valence-corrected chi connectivity index (χ3v) is 5.72. The predicted octanol–water partition coefficient (Wildman–Crippen LogP) is 3.88. The second-order valence-corrected chi connectivity index (χ2v) is 10.3. The first-order valence-corrected chi connectivity index (χ1v) is 13.5. The van der Waals surface area contributed by atoms with Crippen LogP contribution in [0.1, 0.15) is 64.6 Å². The van der Waals surface area contributed by atoms with Gasteiger partial charge in [0.2, 0.25) is 11.8 Å². The summed E-state index contributed by atoms with van der Waals surface area (Å²) in [6.07, 6.45) is -0.128. The van der Waals surface area contributed by atoms with Gasteiger partial charge in [0.05, 0.1) is 13.0 Å². The van der Waals surface area contributed by atoms with Crippen molar-refractivity contribution < 1.29 is 33.8 Å². The van der Waals surface area contributed by atoms with E-state index in [0.717, 1.165) is 0 Å². The predicted molar refractivity (Wildman–Crippen MR) is 150 cm³/mol. The molecule has 0 saturated carbocycles. The lowest BCUT2D eigenvalue weighted by molar-refractivity contribution is -0.144. The molecule has 218 valence electrons. The number of aromatic hydroxyl groups is 1. The summed E-state index contributed by atoms with van der Waals surface area (Å²) in [6, 6.07) is 13.1. The molecule has 2 atom stereocenters. The highest BCUT2D eigenvalue weighted by Gasteiger charge is 2.36. The number of amides is 3. The van der Waals surface area contributed by atoms with Crippen molar-refractivity contribution in [3.05, 3.63) is 65.7 Å². The highest BCUT2D eigenvalue weighted by molar-refractivity contribution is 5.92. The zero-order valence-electron chi connectivity index (χ0n) is 23.9. The van der Waals surface area contributed by atoms with Gasteiger partial charge in [0.25, 0.3) is 0 Å². The summed E-state index contributed by atoms with van der Waals surface area (Å²) in [4.78, 5) is 53.7. The number of benzene rings is 2. The van der Waals surface area contributed by atoms with Gasteiger partial charge in [-0.15, -0.1) is 0 Å². The molecule has 0 heterocycles. The van der Waals surface area contributed by atoms with E-state index in [1.54, 1.807) is 64.1 Å². The summed E-state index contributed by atoms with van der Waals surface area (Å²) < 4.78 is 10.4. The van der Waals surface area contributed by atoms with E-state index in [2.05, 4.69) is 10.6 Å². The molecule has 2 aromatic rings. The lowest BCUT2D eigenvalue weighted by atomic mass is 10.00. The van der Waals surface area contributed by atoms with Crippen LogP contribution in [0.15, 0.2) is 54.6 Å². The van der Waals surface area contributed by atoms with Crippen LogP contribution in [0.2, 0.25) is 0 Å². The summed E-state index contributed by atoms with van der Waals surface area (Å²) >= 11 is 0. The normalized spacial score (nSPS) is 12.5. The fraction of sp³-hybridized carbons (Fsp3) is 0.467. The highest BCUT2D eigenvalue weighted by atomic mass is 16.6. The Kier molecular flexibility index (Phi) is 12.4. The summed E-state index contributed by atoms with van der Waals surface area (Å²) in [6.45, 7) is 9.27. The standard InChI is InChI=1S/C30H41N3O7/c1-6-19-33(26(22-11-9-8-10-12-22)27(36)31-18-17-25(35)39-7-2)28(37)24(32-29(38)40-30(3,4)5)20-21-13-15-23(34)16-14-21/h8-16,24,26,34H,6-7,17-20H2,1-5H3,(H,31,36)(H,32,38). The number of ether oxygens (including phenoxy) is 2. The van der Waals surface area contributed by atoms with Crippen LogP contribution in [0.5, 0.6) is 5.75 Å². The highest BCUT2D eigenvalue weighted by Crippen LogP contribution is 2.24. The molecule has 2 aromatic carbocycles. The quantitative estimate of drug-likeness (QED) is 0.319. The Morgan fingerprint density at radius 2 is 1.62 bits per heavy atom. The Morgan fingerprint density at radius 3 is 2.20 bits per heavy atom. The van der Waals surface area contributed by atoms with Crippen LogP contribution < -0.4 is 10.6 Å². The van der Waals surface area contributed by atoms with Gasteiger partial charge >= 0.3 is 12.1 Å². The monoisotopic (exact) mass is 555 g/mol. The van der Waals surface area contributed by atoms with Gasteiger partial charge in [0.1, 0.15) is 23.4 Å². The van der Waals surface area contributed by atoms with Gasteiger partial charge in [-0.2, -0.15) is 0 Å². The lowest BCUT2D eigenvalue weighted by Gasteiger charge is -2.34. The average molecular weight is 556 g/mol. The van der Waals surface area contributed by atoms with Crippen LogP contribution in [0, 0.1) is 0 Å². The fourth-order valence-electron chi connectivity index (χ4n) is 4.05. The molecule has 3 N–H and O–H groups in total. The molecule has 2 rings (SSSR count). The van der Waals surface area contributed by atoms with Crippen LogP contribution >= 0.6 is 0 Å². The lowest BCUT2D eigenvalue weighted by Crippen LogP contribution is -2.54. The van der Waals surface area contributed by atoms with Crippen molar-refractivity contribution in [2.75, 3.05) is 19.7 Å². The first-order valence-electron chi connectivity index (χ1n) is 13.5. The molecule has 10 heteroatoms. The topological polar surface area (TPSA) is 134 Å². The number of carbonyl (C=O) groups is 4. The van der Waals surface area contributed by atoms with Gasteiger partial charge in [-0.05, 0) is 57.4 Å². The van der Waals surface area contributed by atoms with Gasteiger partial charge < -0.3 is 30.1 Å². The van der Waals surface area contributed by atoms with E-state index in [9.17, 15) is 24.3 Å². The van der Waals surface area contributed by atoms with E-state index in [4.69, 9.17) is 9.47 Å². The Balaban J connectivity index is 2.42. The van der Waals surface area contributed by atoms with Crippen LogP contribution in [0.25, 0.3) is 0 Å². The minimum absolute atomic E-state index is 0.00745. The number of carbonyl (C=O) groups excluding carboxylic acids is 4. The third-order valence-electron chi connectivity index (χ3n) is 5.72. The van der Waals surface area contributed by atoms with Crippen molar-refractivity contribution in [2.24, 2.45) is 0 Å². The molecule has 0 aliphatic heterocycles. The van der Waals surface area contributed by atoms with Gasteiger partial charge in [-0.1, -0.05) is 49.4 Å². The van der Waals surface area contributed by atoms with Gasteiger partial charge in [-0.25, -0.2) is 4.79 Å². The smallest absolute Gasteiger partial charge is 0.408 e. The number of alkyl carbamates (subject to hydrolysis) is 1. The maximum Gasteiger partial charge on any atom is 0.408 e. The van der Waals surface area contributed by atoms with Crippen molar-refractivity contribution >= 4 is 23.9 Å². The zero-order valence-corrected chi connectivity index (χ0v) is 23.9. The number of nitrogens with one attached hydrogen (secondary N) is 2. The van der Waals surface area contributed by atoms with Crippen molar-refractivity contribution in [1.82, 2.24) is 15.5 Å². The molecule has 0 bridgehead atoms. The molecule has 0 radical (unpaired) electrons. The Morgan fingerprint density at radius 1 is 0.975 bits per heavy atom. The molecule has 0 aromatic heterocycles. The minimum atomic E-state index is -1.07.